The summed E-state index contributed by atoms with van der Waals surface area (Å²) in [7, 11) is -1.18. The molecule has 0 unspecified atom stereocenters. The first-order valence-corrected chi connectivity index (χ1v) is 7.24. The van der Waals surface area contributed by atoms with Crippen molar-refractivity contribution < 1.29 is 4.21 Å². The van der Waals surface area contributed by atoms with Gasteiger partial charge in [-0.15, -0.1) is 0 Å². The first-order valence-electron chi connectivity index (χ1n) is 5.71. The van der Waals surface area contributed by atoms with Crippen molar-refractivity contribution in [2.75, 3.05) is 0 Å². The van der Waals surface area contributed by atoms with E-state index in [0.29, 0.717) is 11.4 Å². The molecular weight excluding hydrogens is 266 g/mol. The fraction of sp³-hybridized carbons (Fsp3) is 0.143. The molecule has 4 heteroatoms. The lowest BCUT2D eigenvalue weighted by atomic mass is 10.00. The van der Waals surface area contributed by atoms with Crippen LogP contribution >= 0.6 is 11.6 Å². The summed E-state index contributed by atoms with van der Waals surface area (Å²) in [5.74, 6) is 0. The van der Waals surface area contributed by atoms with Gasteiger partial charge in [0.2, 0.25) is 0 Å². The van der Waals surface area contributed by atoms with E-state index in [4.69, 9.17) is 17.3 Å². The molecule has 0 amide bonds. The molecule has 92 valence electrons. The van der Waals surface area contributed by atoms with E-state index in [2.05, 4.69) is 0 Å². The summed E-state index contributed by atoms with van der Waals surface area (Å²) >= 11 is 6.00. The van der Waals surface area contributed by atoms with E-state index < -0.39 is 10.8 Å². The van der Waals surface area contributed by atoms with Gasteiger partial charge in [-0.1, -0.05) is 29.8 Å². The number of fused-ring (bicyclic) bond motifs is 2. The van der Waals surface area contributed by atoms with Crippen LogP contribution in [0, 0.1) is 0 Å². The molecule has 0 saturated heterocycles. The number of rotatable bonds is 0. The highest BCUT2D eigenvalue weighted by atomic mass is 35.5. The Morgan fingerprint density at radius 3 is 2.78 bits per heavy atom. The second-order valence-electron chi connectivity index (χ2n) is 4.37. The van der Waals surface area contributed by atoms with E-state index >= 15 is 0 Å². The van der Waals surface area contributed by atoms with Crippen molar-refractivity contribution in [2.45, 2.75) is 22.3 Å². The van der Waals surface area contributed by atoms with Crippen molar-refractivity contribution in [3.8, 4) is 0 Å². The van der Waals surface area contributed by atoms with Gasteiger partial charge in [0.05, 0.1) is 10.8 Å². The minimum atomic E-state index is -1.18. The molecule has 3 rings (SSSR count). The van der Waals surface area contributed by atoms with Crippen LogP contribution < -0.4 is 5.73 Å². The predicted octanol–water partition coefficient (Wildman–Crippen LogP) is 3.06. The fourth-order valence-corrected chi connectivity index (χ4v) is 3.95. The quantitative estimate of drug-likeness (QED) is 0.804. The highest BCUT2D eigenvalue weighted by Gasteiger charge is 2.24. The van der Waals surface area contributed by atoms with Gasteiger partial charge in [-0.25, -0.2) is 4.21 Å². The highest BCUT2D eigenvalue weighted by molar-refractivity contribution is 7.85. The van der Waals surface area contributed by atoms with Gasteiger partial charge in [-0.3, -0.25) is 0 Å². The average Bonchev–Trinajstić information content (AvgIpc) is 2.47. The van der Waals surface area contributed by atoms with Crippen LogP contribution in [0.2, 0.25) is 5.02 Å². The molecule has 1 aliphatic heterocycles. The van der Waals surface area contributed by atoms with Crippen LogP contribution in [0.15, 0.2) is 52.3 Å². The van der Waals surface area contributed by atoms with Gasteiger partial charge in [0.1, 0.15) is 0 Å². The van der Waals surface area contributed by atoms with Crippen molar-refractivity contribution in [1.82, 2.24) is 0 Å². The van der Waals surface area contributed by atoms with Gasteiger partial charge < -0.3 is 5.73 Å². The summed E-state index contributed by atoms with van der Waals surface area (Å²) < 4.78 is 12.6. The molecule has 0 aromatic heterocycles. The minimum absolute atomic E-state index is 0.134. The lowest BCUT2D eigenvalue weighted by Crippen LogP contribution is -2.13. The smallest absolute Gasteiger partial charge is 0.0855 e. The van der Waals surface area contributed by atoms with E-state index in [9.17, 15) is 4.21 Å². The number of hydrogen-bond acceptors (Lipinski definition) is 2. The summed E-state index contributed by atoms with van der Waals surface area (Å²) in [6.45, 7) is 0. The summed E-state index contributed by atoms with van der Waals surface area (Å²) in [5, 5.41) is 0.656. The van der Waals surface area contributed by atoms with Gasteiger partial charge >= 0.3 is 0 Å². The average molecular weight is 278 g/mol. The van der Waals surface area contributed by atoms with Crippen LogP contribution in [-0.2, 0) is 17.2 Å². The third kappa shape index (κ3) is 1.88. The molecule has 2 aromatic carbocycles. The normalized spacial score (nSPS) is 21.9. The summed E-state index contributed by atoms with van der Waals surface area (Å²) in [6.07, 6.45) is 0.665. The van der Waals surface area contributed by atoms with Crippen LogP contribution in [-0.4, -0.2) is 4.21 Å². The zero-order valence-electron chi connectivity index (χ0n) is 9.60. The molecule has 1 aliphatic rings. The van der Waals surface area contributed by atoms with Gasteiger partial charge in [0.15, 0.2) is 0 Å². The predicted molar refractivity (Wildman–Crippen MR) is 73.2 cm³/mol. The summed E-state index contributed by atoms with van der Waals surface area (Å²) in [4.78, 5) is 1.63. The zero-order chi connectivity index (χ0) is 12.7. The Hall–Kier alpha value is -1.16. The first-order chi connectivity index (χ1) is 8.66. The third-order valence-corrected chi connectivity index (χ3v) is 4.98. The van der Waals surface area contributed by atoms with Crippen molar-refractivity contribution >= 4 is 22.4 Å². The Morgan fingerprint density at radius 2 is 1.94 bits per heavy atom. The molecule has 0 aliphatic carbocycles. The monoisotopic (exact) mass is 277 g/mol. The van der Waals surface area contributed by atoms with Crippen molar-refractivity contribution in [3.63, 3.8) is 0 Å². The minimum Gasteiger partial charge on any atom is -0.324 e. The molecule has 18 heavy (non-hydrogen) atoms. The second-order valence-corrected chi connectivity index (χ2v) is 6.22. The van der Waals surface area contributed by atoms with E-state index in [1.54, 1.807) is 6.07 Å². The molecule has 0 radical (unpaired) electrons. The number of hydrogen-bond donors (Lipinski definition) is 1. The van der Waals surface area contributed by atoms with E-state index in [1.165, 1.54) is 0 Å². The maximum atomic E-state index is 12.6. The Kier molecular flexibility index (Phi) is 2.98. The topological polar surface area (TPSA) is 43.1 Å². The third-order valence-electron chi connectivity index (χ3n) is 3.18. The Morgan fingerprint density at radius 1 is 1.17 bits per heavy atom. The van der Waals surface area contributed by atoms with E-state index in [0.717, 1.165) is 20.9 Å². The van der Waals surface area contributed by atoms with E-state index in [1.807, 2.05) is 36.4 Å². The number of nitrogens with two attached hydrogens (primary N) is 1. The molecule has 0 saturated carbocycles. The summed E-state index contributed by atoms with van der Waals surface area (Å²) in [6, 6.07) is 13.0. The SMILES string of the molecule is N[C@H]1Cc2cc(Cl)ccc2[S@@](=O)c2ccccc21. The molecule has 0 spiro atoms. The Bertz CT molecular complexity index is 641. The second kappa shape index (κ2) is 4.50. The molecule has 2 atom stereocenters. The molecule has 0 bridgehead atoms. The van der Waals surface area contributed by atoms with Gasteiger partial charge in [-0.05, 0) is 41.8 Å². The molecule has 2 aromatic rings. The van der Waals surface area contributed by atoms with Crippen molar-refractivity contribution in [1.29, 1.82) is 0 Å². The number of halogens is 1. The molecule has 2 nitrogen and oxygen atoms in total. The van der Waals surface area contributed by atoms with Crippen LogP contribution in [0.4, 0.5) is 0 Å². The zero-order valence-corrected chi connectivity index (χ0v) is 11.2. The van der Waals surface area contributed by atoms with Crippen LogP contribution in [0.1, 0.15) is 17.2 Å². The maximum Gasteiger partial charge on any atom is 0.0855 e. The van der Waals surface area contributed by atoms with Gasteiger partial charge in [0, 0.05) is 20.9 Å². The Labute approximate surface area is 113 Å². The standard InChI is InChI=1S/C14H12ClNOS/c15-10-5-6-13-9(7-10)8-12(16)11-3-1-2-4-14(11)18(13)17/h1-7,12H,8,16H2/t12-,18+/m0/s1. The Balaban J connectivity index is 2.25. The first kappa shape index (κ1) is 11.9. The lowest BCUT2D eigenvalue weighted by molar-refractivity contribution is 0.682. The van der Waals surface area contributed by atoms with Crippen LogP contribution in [0.3, 0.4) is 0 Å². The van der Waals surface area contributed by atoms with Crippen LogP contribution in [0.25, 0.3) is 0 Å². The van der Waals surface area contributed by atoms with Crippen LogP contribution in [0.5, 0.6) is 0 Å². The molecular formula is C14H12ClNOS. The maximum absolute atomic E-state index is 12.6. The van der Waals surface area contributed by atoms with Gasteiger partial charge in [0.25, 0.3) is 0 Å². The van der Waals surface area contributed by atoms with Crippen molar-refractivity contribution in [3.05, 3.63) is 58.6 Å². The highest BCUT2D eigenvalue weighted by Crippen LogP contribution is 2.33. The fourth-order valence-electron chi connectivity index (χ4n) is 2.31. The molecule has 1 heterocycles. The molecule has 0 fully saturated rings. The van der Waals surface area contributed by atoms with E-state index in [-0.39, 0.29) is 6.04 Å². The lowest BCUT2D eigenvalue weighted by Gasteiger charge is -2.11. The van der Waals surface area contributed by atoms with Gasteiger partial charge in [-0.2, -0.15) is 0 Å². The largest absolute Gasteiger partial charge is 0.324 e. The molecule has 2 N–H and O–H groups in total. The van der Waals surface area contributed by atoms with Crippen molar-refractivity contribution in [2.24, 2.45) is 5.73 Å². The summed E-state index contributed by atoms with van der Waals surface area (Å²) in [5.41, 5.74) is 8.13. The number of benzene rings is 2.